The van der Waals surface area contributed by atoms with Crippen molar-refractivity contribution in [2.24, 2.45) is 0 Å². The Kier molecular flexibility index (Phi) is 4.81. The number of piperidine rings is 1. The molecular formula is C12H18BrN3O2S. The van der Waals surface area contributed by atoms with Crippen molar-refractivity contribution < 1.29 is 8.42 Å². The number of hydrogen-bond donors (Lipinski definition) is 2. The molecule has 0 saturated carbocycles. The van der Waals surface area contributed by atoms with Gasteiger partial charge < -0.3 is 5.32 Å². The Morgan fingerprint density at radius 2 is 2.32 bits per heavy atom. The quantitative estimate of drug-likeness (QED) is 0.874. The van der Waals surface area contributed by atoms with Crippen molar-refractivity contribution in [3.63, 3.8) is 0 Å². The molecule has 1 atom stereocenters. The molecule has 7 heteroatoms. The highest BCUT2D eigenvalue weighted by Gasteiger charge is 2.21. The van der Waals surface area contributed by atoms with Crippen LogP contribution in [0.25, 0.3) is 0 Å². The van der Waals surface area contributed by atoms with Crippen LogP contribution in [0.1, 0.15) is 24.8 Å². The molecule has 1 fully saturated rings. The second kappa shape index (κ2) is 6.19. The van der Waals surface area contributed by atoms with Crippen LogP contribution in [-0.2, 0) is 10.0 Å². The van der Waals surface area contributed by atoms with Crippen molar-refractivity contribution in [3.05, 3.63) is 22.3 Å². The zero-order valence-corrected chi connectivity index (χ0v) is 13.2. The summed E-state index contributed by atoms with van der Waals surface area (Å²) in [4.78, 5) is 4.06. The number of halogens is 1. The minimum Gasteiger partial charge on any atom is -0.313 e. The van der Waals surface area contributed by atoms with Gasteiger partial charge in [-0.05, 0) is 53.9 Å². The van der Waals surface area contributed by atoms with Gasteiger partial charge in [0.2, 0.25) is 10.0 Å². The molecule has 0 radical (unpaired) electrons. The number of aromatic nitrogens is 1. The Morgan fingerprint density at radius 1 is 1.53 bits per heavy atom. The average molecular weight is 348 g/mol. The van der Waals surface area contributed by atoms with Gasteiger partial charge >= 0.3 is 0 Å². The third-order valence-electron chi connectivity index (χ3n) is 3.14. The lowest BCUT2D eigenvalue weighted by atomic mass is 10.1. The molecule has 2 N–H and O–H groups in total. The largest absolute Gasteiger partial charge is 0.313 e. The number of sulfonamides is 1. The third-order valence-corrected chi connectivity index (χ3v) is 5.33. The molecule has 19 heavy (non-hydrogen) atoms. The van der Waals surface area contributed by atoms with E-state index in [2.05, 4.69) is 31.0 Å². The van der Waals surface area contributed by atoms with E-state index in [4.69, 9.17) is 0 Å². The van der Waals surface area contributed by atoms with Gasteiger partial charge in [-0.25, -0.2) is 13.4 Å². The zero-order chi connectivity index (χ0) is 13.9. The lowest BCUT2D eigenvalue weighted by Crippen LogP contribution is -2.40. The summed E-state index contributed by atoms with van der Waals surface area (Å²) >= 11 is 3.34. The molecule has 1 aliphatic heterocycles. The Labute approximate surface area is 122 Å². The van der Waals surface area contributed by atoms with Crippen LogP contribution in [0.5, 0.6) is 0 Å². The Bertz CT molecular complexity index is 542. The summed E-state index contributed by atoms with van der Waals surface area (Å²) in [5.74, 6) is 0.473. The molecule has 0 amide bonds. The highest BCUT2D eigenvalue weighted by atomic mass is 79.9. The topological polar surface area (TPSA) is 71.1 Å². The summed E-state index contributed by atoms with van der Waals surface area (Å²) in [6.07, 6.45) is 4.72. The molecule has 1 saturated heterocycles. The molecule has 0 spiro atoms. The summed E-state index contributed by atoms with van der Waals surface area (Å²) in [6.45, 7) is 2.79. The molecule has 106 valence electrons. The van der Waals surface area contributed by atoms with Gasteiger partial charge in [0.25, 0.3) is 0 Å². The summed E-state index contributed by atoms with van der Waals surface area (Å²) in [7, 11) is -3.35. The van der Waals surface area contributed by atoms with Gasteiger partial charge in [-0.3, -0.25) is 4.72 Å². The second-order valence-electron chi connectivity index (χ2n) is 4.85. The van der Waals surface area contributed by atoms with Gasteiger partial charge in [0.1, 0.15) is 5.82 Å². The number of nitrogens with zero attached hydrogens (tertiary/aromatic N) is 1. The summed E-state index contributed by atoms with van der Waals surface area (Å²) < 4.78 is 27.5. The molecule has 1 unspecified atom stereocenters. The van der Waals surface area contributed by atoms with E-state index >= 15 is 0 Å². The van der Waals surface area contributed by atoms with Crippen molar-refractivity contribution in [2.75, 3.05) is 17.0 Å². The number of hydrogen-bond acceptors (Lipinski definition) is 4. The van der Waals surface area contributed by atoms with Crippen LogP contribution in [0.4, 0.5) is 5.82 Å². The maximum absolute atomic E-state index is 12.1. The maximum Gasteiger partial charge on any atom is 0.235 e. The Balaban J connectivity index is 2.01. The SMILES string of the molecule is Cc1cc(NS(=O)(=O)CC2CCCCN2)ncc1Br. The minimum absolute atomic E-state index is 0.0443. The van der Waals surface area contributed by atoms with Crippen molar-refractivity contribution in [3.8, 4) is 0 Å². The smallest absolute Gasteiger partial charge is 0.235 e. The summed E-state index contributed by atoms with van der Waals surface area (Å²) in [5, 5.41) is 3.23. The first-order valence-corrected chi connectivity index (χ1v) is 8.77. The van der Waals surface area contributed by atoms with E-state index in [0.29, 0.717) is 5.82 Å². The predicted molar refractivity (Wildman–Crippen MR) is 79.7 cm³/mol. The first kappa shape index (κ1) is 14.7. The van der Waals surface area contributed by atoms with Crippen LogP contribution in [0, 0.1) is 6.92 Å². The lowest BCUT2D eigenvalue weighted by Gasteiger charge is -2.23. The standard InChI is InChI=1S/C12H18BrN3O2S/c1-9-6-12(15-7-11(9)13)16-19(17,18)8-10-4-2-3-5-14-10/h6-7,10,14H,2-5,8H2,1H3,(H,15,16). The van der Waals surface area contributed by atoms with Crippen molar-refractivity contribution in [1.29, 1.82) is 0 Å². The van der Waals surface area contributed by atoms with E-state index in [1.165, 1.54) is 0 Å². The molecule has 0 aromatic carbocycles. The van der Waals surface area contributed by atoms with Gasteiger partial charge in [-0.1, -0.05) is 6.42 Å². The van der Waals surface area contributed by atoms with Crippen LogP contribution in [0.2, 0.25) is 0 Å². The normalized spacial score (nSPS) is 20.2. The van der Waals surface area contributed by atoms with E-state index in [1.54, 1.807) is 12.3 Å². The van der Waals surface area contributed by atoms with E-state index < -0.39 is 10.0 Å². The fourth-order valence-electron chi connectivity index (χ4n) is 2.13. The third kappa shape index (κ3) is 4.43. The molecule has 2 rings (SSSR count). The van der Waals surface area contributed by atoms with Crippen LogP contribution < -0.4 is 10.0 Å². The number of rotatable bonds is 4. The van der Waals surface area contributed by atoms with Gasteiger partial charge in [-0.15, -0.1) is 0 Å². The van der Waals surface area contributed by atoms with Crippen LogP contribution in [0.3, 0.4) is 0 Å². The van der Waals surface area contributed by atoms with E-state index in [9.17, 15) is 8.42 Å². The minimum atomic E-state index is -3.35. The molecule has 5 nitrogen and oxygen atoms in total. The number of nitrogens with one attached hydrogen (secondary N) is 2. The molecule has 0 aliphatic carbocycles. The van der Waals surface area contributed by atoms with Gasteiger partial charge in [0.15, 0.2) is 0 Å². The monoisotopic (exact) mass is 347 g/mol. The lowest BCUT2D eigenvalue weighted by molar-refractivity contribution is 0.424. The Hall–Kier alpha value is -0.660. The van der Waals surface area contributed by atoms with Gasteiger partial charge in [0, 0.05) is 16.7 Å². The summed E-state index contributed by atoms with van der Waals surface area (Å²) in [6, 6.07) is 1.76. The second-order valence-corrected chi connectivity index (χ2v) is 7.47. The van der Waals surface area contributed by atoms with Crippen molar-refractivity contribution in [1.82, 2.24) is 10.3 Å². The molecule has 1 aromatic rings. The fourth-order valence-corrected chi connectivity index (χ4v) is 3.67. The predicted octanol–water partition coefficient (Wildman–Crippen LogP) is 2.04. The highest BCUT2D eigenvalue weighted by molar-refractivity contribution is 9.10. The summed E-state index contributed by atoms with van der Waals surface area (Å²) in [5.41, 5.74) is 0.948. The molecule has 2 heterocycles. The first-order valence-electron chi connectivity index (χ1n) is 6.32. The van der Waals surface area contributed by atoms with E-state index in [-0.39, 0.29) is 11.8 Å². The number of aryl methyl sites for hydroxylation is 1. The average Bonchev–Trinajstić information content (AvgIpc) is 2.34. The molecule has 1 aromatic heterocycles. The highest BCUT2D eigenvalue weighted by Crippen LogP contribution is 2.18. The van der Waals surface area contributed by atoms with Crippen molar-refractivity contribution in [2.45, 2.75) is 32.2 Å². The number of anilines is 1. The van der Waals surface area contributed by atoms with Gasteiger partial charge in [0.05, 0.1) is 5.75 Å². The van der Waals surface area contributed by atoms with Crippen LogP contribution in [0.15, 0.2) is 16.7 Å². The van der Waals surface area contributed by atoms with E-state index in [0.717, 1.165) is 35.8 Å². The van der Waals surface area contributed by atoms with Gasteiger partial charge in [-0.2, -0.15) is 0 Å². The number of pyridine rings is 1. The molecular weight excluding hydrogens is 330 g/mol. The molecule has 0 bridgehead atoms. The fraction of sp³-hybridized carbons (Fsp3) is 0.583. The maximum atomic E-state index is 12.1. The van der Waals surface area contributed by atoms with Crippen LogP contribution >= 0.6 is 15.9 Å². The molecule has 1 aliphatic rings. The van der Waals surface area contributed by atoms with Crippen LogP contribution in [-0.4, -0.2) is 31.7 Å². The Morgan fingerprint density at radius 3 is 2.95 bits per heavy atom. The van der Waals surface area contributed by atoms with E-state index in [1.807, 2.05) is 6.92 Å². The first-order chi connectivity index (χ1) is 8.96. The van der Waals surface area contributed by atoms with Crippen molar-refractivity contribution >= 4 is 31.8 Å². The zero-order valence-electron chi connectivity index (χ0n) is 10.8.